The Hall–Kier alpha value is -2.24. The van der Waals surface area contributed by atoms with Gasteiger partial charge in [0.1, 0.15) is 12.0 Å². The monoisotopic (exact) mass is 234 g/mol. The van der Waals surface area contributed by atoms with Crippen LogP contribution >= 0.6 is 0 Å². The Labute approximate surface area is 98.4 Å². The van der Waals surface area contributed by atoms with Gasteiger partial charge in [-0.1, -0.05) is 5.16 Å². The highest BCUT2D eigenvalue weighted by molar-refractivity contribution is 6.03. The van der Waals surface area contributed by atoms with Gasteiger partial charge in [-0.25, -0.2) is 0 Å². The third-order valence-corrected chi connectivity index (χ3v) is 2.34. The maximum absolute atomic E-state index is 12.0. The Kier molecular flexibility index (Phi) is 2.86. The van der Waals surface area contributed by atoms with E-state index in [1.807, 2.05) is 18.4 Å². The van der Waals surface area contributed by atoms with Gasteiger partial charge in [0.15, 0.2) is 5.82 Å². The van der Waals surface area contributed by atoms with Crippen molar-refractivity contribution in [2.45, 2.75) is 19.9 Å². The van der Waals surface area contributed by atoms with E-state index in [0.717, 1.165) is 0 Å². The summed E-state index contributed by atoms with van der Waals surface area (Å²) in [6.07, 6.45) is 3.13. The molecule has 0 unspecified atom stereocenters. The van der Waals surface area contributed by atoms with E-state index >= 15 is 0 Å². The standard InChI is InChI=1S/C11H14N4O2/c1-7(2)15-6-8(12)5-9(15)11(16)13-10-3-4-17-14-10/h3-7H,12H2,1-2H3,(H,13,14,16). The molecule has 0 aliphatic carbocycles. The summed E-state index contributed by atoms with van der Waals surface area (Å²) >= 11 is 0. The van der Waals surface area contributed by atoms with Crippen LogP contribution < -0.4 is 11.1 Å². The number of nitrogens with two attached hydrogens (primary N) is 1. The zero-order valence-corrected chi connectivity index (χ0v) is 9.68. The van der Waals surface area contributed by atoms with Crippen molar-refractivity contribution in [3.05, 3.63) is 30.3 Å². The third kappa shape index (κ3) is 2.30. The first-order valence-electron chi connectivity index (χ1n) is 5.27. The van der Waals surface area contributed by atoms with Crippen molar-refractivity contribution in [3.63, 3.8) is 0 Å². The lowest BCUT2D eigenvalue weighted by molar-refractivity contribution is 0.101. The SMILES string of the molecule is CC(C)n1cc(N)cc1C(=O)Nc1ccon1. The number of nitrogens with zero attached hydrogens (tertiary/aromatic N) is 2. The van der Waals surface area contributed by atoms with Gasteiger partial charge in [-0.2, -0.15) is 0 Å². The minimum atomic E-state index is -0.260. The number of hydrogen-bond acceptors (Lipinski definition) is 4. The highest BCUT2D eigenvalue weighted by atomic mass is 16.5. The Morgan fingerprint density at radius 1 is 1.59 bits per heavy atom. The molecule has 6 nitrogen and oxygen atoms in total. The molecule has 2 rings (SSSR count). The number of amides is 1. The molecule has 17 heavy (non-hydrogen) atoms. The first-order valence-corrected chi connectivity index (χ1v) is 5.27. The van der Waals surface area contributed by atoms with Crippen molar-refractivity contribution in [3.8, 4) is 0 Å². The van der Waals surface area contributed by atoms with E-state index in [0.29, 0.717) is 17.2 Å². The molecule has 0 aliphatic heterocycles. The van der Waals surface area contributed by atoms with E-state index in [9.17, 15) is 4.79 Å². The first kappa shape index (κ1) is 11.3. The number of carbonyl (C=O) groups excluding carboxylic acids is 1. The molecule has 2 heterocycles. The predicted octanol–water partition coefficient (Wildman–Crippen LogP) is 1.89. The lowest BCUT2D eigenvalue weighted by Gasteiger charge is -2.11. The average Bonchev–Trinajstić information content (AvgIpc) is 2.86. The van der Waals surface area contributed by atoms with Crippen molar-refractivity contribution in [2.24, 2.45) is 0 Å². The lowest BCUT2D eigenvalue weighted by Crippen LogP contribution is -2.17. The summed E-state index contributed by atoms with van der Waals surface area (Å²) < 4.78 is 6.45. The van der Waals surface area contributed by atoms with Gasteiger partial charge in [0.25, 0.3) is 5.91 Å². The van der Waals surface area contributed by atoms with Crippen molar-refractivity contribution < 1.29 is 9.32 Å². The molecule has 1 amide bonds. The number of carbonyl (C=O) groups is 1. The van der Waals surface area contributed by atoms with Crippen molar-refractivity contribution in [1.82, 2.24) is 9.72 Å². The fourth-order valence-electron chi connectivity index (χ4n) is 1.57. The summed E-state index contributed by atoms with van der Waals surface area (Å²) in [5, 5.41) is 6.24. The molecule has 0 saturated carbocycles. The van der Waals surface area contributed by atoms with Crippen LogP contribution in [0, 0.1) is 0 Å². The van der Waals surface area contributed by atoms with Gasteiger partial charge in [0.2, 0.25) is 0 Å². The summed E-state index contributed by atoms with van der Waals surface area (Å²) in [6.45, 7) is 3.96. The van der Waals surface area contributed by atoms with Crippen molar-refractivity contribution in [2.75, 3.05) is 11.1 Å². The summed E-state index contributed by atoms with van der Waals surface area (Å²) in [5.74, 6) is 0.120. The Morgan fingerprint density at radius 3 is 2.94 bits per heavy atom. The maximum atomic E-state index is 12.0. The fraction of sp³-hybridized carbons (Fsp3) is 0.273. The van der Waals surface area contributed by atoms with Crippen LogP contribution in [0.3, 0.4) is 0 Å². The lowest BCUT2D eigenvalue weighted by atomic mass is 10.3. The van der Waals surface area contributed by atoms with Gasteiger partial charge < -0.3 is 20.1 Å². The van der Waals surface area contributed by atoms with Crippen molar-refractivity contribution >= 4 is 17.4 Å². The Morgan fingerprint density at radius 2 is 2.35 bits per heavy atom. The number of nitrogen functional groups attached to an aromatic ring is 1. The topological polar surface area (TPSA) is 86.1 Å². The second-order valence-electron chi connectivity index (χ2n) is 4.00. The summed E-state index contributed by atoms with van der Waals surface area (Å²) in [4.78, 5) is 12.0. The van der Waals surface area contributed by atoms with Gasteiger partial charge in [0, 0.05) is 18.3 Å². The van der Waals surface area contributed by atoms with E-state index in [-0.39, 0.29) is 11.9 Å². The number of aromatic nitrogens is 2. The summed E-state index contributed by atoms with van der Waals surface area (Å²) in [5.41, 5.74) is 6.75. The van der Waals surface area contributed by atoms with Crippen molar-refractivity contribution in [1.29, 1.82) is 0 Å². The van der Waals surface area contributed by atoms with Gasteiger partial charge in [-0.15, -0.1) is 0 Å². The second kappa shape index (κ2) is 4.32. The average molecular weight is 234 g/mol. The van der Waals surface area contributed by atoms with Crippen LogP contribution in [0.25, 0.3) is 0 Å². The van der Waals surface area contributed by atoms with Gasteiger partial charge in [-0.05, 0) is 19.9 Å². The largest absolute Gasteiger partial charge is 0.397 e. The van der Waals surface area contributed by atoms with Gasteiger partial charge in [0.05, 0.1) is 5.69 Å². The Balaban J connectivity index is 2.24. The maximum Gasteiger partial charge on any atom is 0.273 e. The van der Waals surface area contributed by atoms with E-state index in [1.54, 1.807) is 18.3 Å². The van der Waals surface area contributed by atoms with Crippen LogP contribution in [-0.4, -0.2) is 15.6 Å². The smallest absolute Gasteiger partial charge is 0.273 e. The molecule has 0 atom stereocenters. The second-order valence-corrected chi connectivity index (χ2v) is 4.00. The molecular formula is C11H14N4O2. The van der Waals surface area contributed by atoms with Crippen LogP contribution in [0.4, 0.5) is 11.5 Å². The molecule has 0 spiro atoms. The third-order valence-electron chi connectivity index (χ3n) is 2.34. The van der Waals surface area contributed by atoms with Crippen LogP contribution in [0.5, 0.6) is 0 Å². The van der Waals surface area contributed by atoms with E-state index in [1.165, 1.54) is 6.26 Å². The normalized spacial score (nSPS) is 10.8. The highest BCUT2D eigenvalue weighted by Crippen LogP contribution is 2.17. The molecule has 0 aromatic carbocycles. The number of anilines is 2. The molecule has 3 N–H and O–H groups in total. The molecule has 2 aromatic rings. The predicted molar refractivity (Wildman–Crippen MR) is 63.7 cm³/mol. The van der Waals surface area contributed by atoms with E-state index in [2.05, 4.69) is 15.0 Å². The van der Waals surface area contributed by atoms with E-state index < -0.39 is 0 Å². The molecule has 0 saturated heterocycles. The van der Waals surface area contributed by atoms with Gasteiger partial charge >= 0.3 is 0 Å². The molecule has 90 valence electrons. The van der Waals surface area contributed by atoms with E-state index in [4.69, 9.17) is 5.73 Å². The summed E-state index contributed by atoms with van der Waals surface area (Å²) in [6, 6.07) is 3.37. The minimum Gasteiger partial charge on any atom is -0.397 e. The van der Waals surface area contributed by atoms with Crippen LogP contribution in [0.2, 0.25) is 0 Å². The molecule has 0 bridgehead atoms. The molecular weight excluding hydrogens is 220 g/mol. The molecule has 0 aliphatic rings. The Bertz CT molecular complexity index is 514. The highest BCUT2D eigenvalue weighted by Gasteiger charge is 2.15. The number of rotatable bonds is 3. The zero-order chi connectivity index (χ0) is 12.4. The van der Waals surface area contributed by atoms with Gasteiger partial charge in [-0.3, -0.25) is 4.79 Å². The minimum absolute atomic E-state index is 0.158. The zero-order valence-electron chi connectivity index (χ0n) is 9.68. The van der Waals surface area contributed by atoms with Crippen LogP contribution in [0.15, 0.2) is 29.1 Å². The quantitative estimate of drug-likeness (QED) is 0.849. The molecule has 2 aromatic heterocycles. The first-order chi connectivity index (χ1) is 8.08. The molecule has 0 fully saturated rings. The number of hydrogen-bond donors (Lipinski definition) is 2. The molecule has 6 heteroatoms. The number of nitrogens with one attached hydrogen (secondary N) is 1. The van der Waals surface area contributed by atoms with Crippen LogP contribution in [-0.2, 0) is 0 Å². The van der Waals surface area contributed by atoms with Crippen LogP contribution in [0.1, 0.15) is 30.4 Å². The summed E-state index contributed by atoms with van der Waals surface area (Å²) in [7, 11) is 0. The molecule has 0 radical (unpaired) electrons. The fourth-order valence-corrected chi connectivity index (χ4v) is 1.57.